The number of thioether (sulfide) groups is 1. The first-order valence-electron chi connectivity index (χ1n) is 4.90. The maximum Gasteiger partial charge on any atom is 0.326 e. The molecular formula is C9H14N2O4S. The van der Waals surface area contributed by atoms with Gasteiger partial charge in [0, 0.05) is 11.7 Å². The highest BCUT2D eigenvalue weighted by molar-refractivity contribution is 7.99. The van der Waals surface area contributed by atoms with Crippen LogP contribution in [0, 0.1) is 5.92 Å². The number of carboxylic acids is 1. The van der Waals surface area contributed by atoms with E-state index in [1.165, 1.54) is 0 Å². The molecule has 0 aromatic heterocycles. The van der Waals surface area contributed by atoms with Gasteiger partial charge in [-0.3, -0.25) is 9.59 Å². The first-order valence-corrected chi connectivity index (χ1v) is 6.05. The van der Waals surface area contributed by atoms with Gasteiger partial charge in [-0.05, 0) is 12.2 Å². The Labute approximate surface area is 96.9 Å². The Morgan fingerprint density at radius 1 is 1.50 bits per heavy atom. The normalized spacial score (nSPS) is 21.4. The number of nitrogens with one attached hydrogen (secondary N) is 1. The van der Waals surface area contributed by atoms with E-state index in [0.717, 1.165) is 12.2 Å². The van der Waals surface area contributed by atoms with E-state index in [9.17, 15) is 14.4 Å². The van der Waals surface area contributed by atoms with E-state index < -0.39 is 17.9 Å². The van der Waals surface area contributed by atoms with Gasteiger partial charge in [-0.2, -0.15) is 11.8 Å². The Morgan fingerprint density at radius 3 is 2.62 bits per heavy atom. The molecule has 1 heterocycles. The number of hydrogen-bond acceptors (Lipinski definition) is 4. The molecule has 0 saturated carbocycles. The molecule has 1 fully saturated rings. The van der Waals surface area contributed by atoms with Crippen molar-refractivity contribution in [1.29, 1.82) is 0 Å². The highest BCUT2D eigenvalue weighted by Gasteiger charge is 2.28. The van der Waals surface area contributed by atoms with Gasteiger partial charge < -0.3 is 16.2 Å². The van der Waals surface area contributed by atoms with Crippen molar-refractivity contribution in [1.82, 2.24) is 5.32 Å². The third-order valence-corrected chi connectivity index (χ3v) is 3.48. The molecule has 1 rings (SSSR count). The van der Waals surface area contributed by atoms with Gasteiger partial charge in [0.25, 0.3) is 0 Å². The van der Waals surface area contributed by atoms with Crippen LogP contribution >= 0.6 is 11.8 Å². The van der Waals surface area contributed by atoms with Gasteiger partial charge in [0.15, 0.2) is 0 Å². The summed E-state index contributed by atoms with van der Waals surface area (Å²) in [5, 5.41) is 11.1. The SMILES string of the molecule is NC(=O)C[C@H](NC(=O)C1CCSC1)C(=O)O. The number of carboxylic acid groups (broad SMARTS) is 1. The van der Waals surface area contributed by atoms with Crippen LogP contribution in [0.25, 0.3) is 0 Å². The number of primary amides is 1. The third kappa shape index (κ3) is 3.73. The lowest BCUT2D eigenvalue weighted by atomic mass is 10.1. The van der Waals surface area contributed by atoms with E-state index in [1.807, 2.05) is 0 Å². The Morgan fingerprint density at radius 2 is 2.19 bits per heavy atom. The number of nitrogens with two attached hydrogens (primary N) is 1. The number of hydrogen-bond donors (Lipinski definition) is 3. The number of amides is 2. The quantitative estimate of drug-likeness (QED) is 0.587. The topological polar surface area (TPSA) is 109 Å². The smallest absolute Gasteiger partial charge is 0.326 e. The molecule has 0 aliphatic carbocycles. The molecule has 2 amide bonds. The lowest BCUT2D eigenvalue weighted by Crippen LogP contribution is -2.45. The molecule has 4 N–H and O–H groups in total. The molecule has 90 valence electrons. The number of carbonyl (C=O) groups excluding carboxylic acids is 2. The van der Waals surface area contributed by atoms with Gasteiger partial charge in [0.05, 0.1) is 6.42 Å². The van der Waals surface area contributed by atoms with E-state index in [4.69, 9.17) is 10.8 Å². The van der Waals surface area contributed by atoms with Gasteiger partial charge in [-0.15, -0.1) is 0 Å². The summed E-state index contributed by atoms with van der Waals surface area (Å²) in [5.74, 6) is -0.829. The molecule has 1 saturated heterocycles. The zero-order valence-electron chi connectivity index (χ0n) is 8.64. The second kappa shape index (κ2) is 5.74. The summed E-state index contributed by atoms with van der Waals surface area (Å²) in [6, 6.07) is -1.21. The summed E-state index contributed by atoms with van der Waals surface area (Å²) in [5.41, 5.74) is 4.90. The molecule has 0 spiro atoms. The van der Waals surface area contributed by atoms with Gasteiger partial charge in [-0.25, -0.2) is 4.79 Å². The standard InChI is InChI=1S/C9H14N2O4S/c10-7(12)3-6(9(14)15)11-8(13)5-1-2-16-4-5/h5-6H,1-4H2,(H2,10,12)(H,11,13)(H,14,15)/t5?,6-/m0/s1. The molecule has 16 heavy (non-hydrogen) atoms. The minimum absolute atomic E-state index is 0.153. The summed E-state index contributed by atoms with van der Waals surface area (Å²) < 4.78 is 0. The molecule has 1 unspecified atom stereocenters. The summed E-state index contributed by atoms with van der Waals surface area (Å²) in [6.45, 7) is 0. The van der Waals surface area contributed by atoms with E-state index >= 15 is 0 Å². The molecule has 0 radical (unpaired) electrons. The first kappa shape index (κ1) is 12.8. The zero-order valence-corrected chi connectivity index (χ0v) is 9.46. The summed E-state index contributed by atoms with van der Waals surface area (Å²) in [7, 11) is 0. The second-order valence-corrected chi connectivity index (χ2v) is 4.78. The maximum atomic E-state index is 11.6. The van der Waals surface area contributed by atoms with Crippen LogP contribution in [0.4, 0.5) is 0 Å². The molecule has 1 aliphatic heterocycles. The molecule has 1 aliphatic rings. The lowest BCUT2D eigenvalue weighted by molar-refractivity contribution is -0.143. The van der Waals surface area contributed by atoms with E-state index in [2.05, 4.69) is 5.32 Å². The first-order chi connectivity index (χ1) is 7.50. The Kier molecular flexibility index (Phi) is 4.60. The maximum absolute atomic E-state index is 11.6. The van der Waals surface area contributed by atoms with Crippen molar-refractivity contribution in [3.8, 4) is 0 Å². The van der Waals surface area contributed by atoms with Crippen LogP contribution in [0.15, 0.2) is 0 Å². The van der Waals surface area contributed by atoms with E-state index in [-0.39, 0.29) is 18.2 Å². The van der Waals surface area contributed by atoms with Crippen molar-refractivity contribution in [2.45, 2.75) is 18.9 Å². The molecule has 0 aromatic rings. The minimum Gasteiger partial charge on any atom is -0.480 e. The van der Waals surface area contributed by atoms with E-state index in [0.29, 0.717) is 5.75 Å². The highest BCUT2D eigenvalue weighted by atomic mass is 32.2. The van der Waals surface area contributed by atoms with Crippen molar-refractivity contribution in [3.05, 3.63) is 0 Å². The van der Waals surface area contributed by atoms with Crippen LogP contribution in [-0.4, -0.2) is 40.4 Å². The van der Waals surface area contributed by atoms with E-state index in [1.54, 1.807) is 11.8 Å². The second-order valence-electron chi connectivity index (χ2n) is 3.63. The molecule has 7 heteroatoms. The summed E-state index contributed by atoms with van der Waals surface area (Å²) >= 11 is 1.66. The van der Waals surface area contributed by atoms with Gasteiger partial charge in [0.2, 0.25) is 11.8 Å². The predicted molar refractivity (Wildman–Crippen MR) is 58.8 cm³/mol. The fourth-order valence-electron chi connectivity index (χ4n) is 1.43. The zero-order chi connectivity index (χ0) is 12.1. The van der Waals surface area contributed by atoms with Crippen LogP contribution < -0.4 is 11.1 Å². The van der Waals surface area contributed by atoms with Crippen LogP contribution in [0.1, 0.15) is 12.8 Å². The summed E-state index contributed by atoms with van der Waals surface area (Å²) in [6.07, 6.45) is 0.375. The van der Waals surface area contributed by atoms with Crippen LogP contribution in [0.2, 0.25) is 0 Å². The largest absolute Gasteiger partial charge is 0.480 e. The minimum atomic E-state index is -1.24. The third-order valence-electron chi connectivity index (χ3n) is 2.32. The fourth-order valence-corrected chi connectivity index (χ4v) is 2.65. The Balaban J connectivity index is 2.50. The predicted octanol–water partition coefficient (Wildman–Crippen LogP) is -0.816. The highest BCUT2D eigenvalue weighted by Crippen LogP contribution is 2.23. The molecule has 2 atom stereocenters. The van der Waals surface area contributed by atoms with Gasteiger partial charge >= 0.3 is 5.97 Å². The Hall–Kier alpha value is -1.24. The number of rotatable bonds is 5. The molecular weight excluding hydrogens is 232 g/mol. The van der Waals surface area contributed by atoms with Crippen LogP contribution in [0.3, 0.4) is 0 Å². The monoisotopic (exact) mass is 246 g/mol. The van der Waals surface area contributed by atoms with Gasteiger partial charge in [0.1, 0.15) is 6.04 Å². The van der Waals surface area contributed by atoms with Crippen molar-refractivity contribution in [2.24, 2.45) is 11.7 Å². The van der Waals surface area contributed by atoms with Crippen molar-refractivity contribution < 1.29 is 19.5 Å². The molecule has 0 bridgehead atoms. The van der Waals surface area contributed by atoms with Crippen LogP contribution in [0.5, 0.6) is 0 Å². The summed E-state index contributed by atoms with van der Waals surface area (Å²) in [4.78, 5) is 33.0. The molecule has 6 nitrogen and oxygen atoms in total. The average molecular weight is 246 g/mol. The molecule has 0 aromatic carbocycles. The van der Waals surface area contributed by atoms with Crippen molar-refractivity contribution in [2.75, 3.05) is 11.5 Å². The Bertz CT molecular complexity index is 302. The number of aliphatic carboxylic acids is 1. The van der Waals surface area contributed by atoms with Crippen molar-refractivity contribution >= 4 is 29.5 Å². The average Bonchev–Trinajstić information content (AvgIpc) is 2.68. The lowest BCUT2D eigenvalue weighted by Gasteiger charge is -2.15. The number of carbonyl (C=O) groups is 3. The fraction of sp³-hybridized carbons (Fsp3) is 0.667. The van der Waals surface area contributed by atoms with Crippen LogP contribution in [-0.2, 0) is 14.4 Å². The van der Waals surface area contributed by atoms with Gasteiger partial charge in [-0.1, -0.05) is 0 Å². The van der Waals surface area contributed by atoms with Crippen molar-refractivity contribution in [3.63, 3.8) is 0 Å².